The standard InChI is InChI=1S/C17H21FN4O/c1-22-11-13(8-21-22)15-9-19-10-16(15)17(23)20-7-6-12-2-4-14(18)5-3-12/h2-5,8,11,15-16,19H,6-7,9-10H2,1H3,(H,20,23)/t15-,16+/m1/s1. The third-order valence-electron chi connectivity index (χ3n) is 4.33. The van der Waals surface area contributed by atoms with Crippen molar-refractivity contribution in [1.29, 1.82) is 0 Å². The lowest BCUT2D eigenvalue weighted by atomic mass is 9.90. The van der Waals surface area contributed by atoms with Crippen LogP contribution in [0, 0.1) is 11.7 Å². The summed E-state index contributed by atoms with van der Waals surface area (Å²) in [5, 5.41) is 10.5. The molecule has 0 spiro atoms. The van der Waals surface area contributed by atoms with Crippen LogP contribution >= 0.6 is 0 Å². The van der Waals surface area contributed by atoms with Crippen molar-refractivity contribution in [3.8, 4) is 0 Å². The molecule has 1 saturated heterocycles. The van der Waals surface area contributed by atoms with Crippen LogP contribution in [0.3, 0.4) is 0 Å². The van der Waals surface area contributed by atoms with Crippen molar-refractivity contribution in [3.05, 3.63) is 53.6 Å². The Labute approximate surface area is 134 Å². The molecule has 1 aliphatic rings. The van der Waals surface area contributed by atoms with Crippen LogP contribution in [0.25, 0.3) is 0 Å². The lowest BCUT2D eigenvalue weighted by Gasteiger charge is -2.17. The van der Waals surface area contributed by atoms with E-state index < -0.39 is 0 Å². The summed E-state index contributed by atoms with van der Waals surface area (Å²) in [6.45, 7) is 2.03. The van der Waals surface area contributed by atoms with Crippen molar-refractivity contribution in [3.63, 3.8) is 0 Å². The fourth-order valence-corrected chi connectivity index (χ4v) is 3.05. The molecule has 23 heavy (non-hydrogen) atoms. The lowest BCUT2D eigenvalue weighted by Crippen LogP contribution is -2.35. The Hall–Kier alpha value is -2.21. The van der Waals surface area contributed by atoms with Gasteiger partial charge in [0.1, 0.15) is 5.82 Å². The maximum absolute atomic E-state index is 12.9. The van der Waals surface area contributed by atoms with Crippen molar-refractivity contribution in [2.24, 2.45) is 13.0 Å². The van der Waals surface area contributed by atoms with Gasteiger partial charge in [-0.3, -0.25) is 9.48 Å². The van der Waals surface area contributed by atoms with Crippen LogP contribution < -0.4 is 10.6 Å². The van der Waals surface area contributed by atoms with Crippen LogP contribution in [0.5, 0.6) is 0 Å². The van der Waals surface area contributed by atoms with Crippen molar-refractivity contribution >= 4 is 5.91 Å². The van der Waals surface area contributed by atoms with Gasteiger partial charge in [-0.1, -0.05) is 12.1 Å². The van der Waals surface area contributed by atoms with E-state index in [9.17, 15) is 9.18 Å². The Morgan fingerprint density at radius 3 is 2.87 bits per heavy atom. The van der Waals surface area contributed by atoms with E-state index in [4.69, 9.17) is 0 Å². The van der Waals surface area contributed by atoms with Gasteiger partial charge in [-0.15, -0.1) is 0 Å². The van der Waals surface area contributed by atoms with Crippen LogP contribution in [0.4, 0.5) is 4.39 Å². The van der Waals surface area contributed by atoms with Gasteiger partial charge in [-0.25, -0.2) is 4.39 Å². The topological polar surface area (TPSA) is 59.0 Å². The second-order valence-electron chi connectivity index (χ2n) is 5.99. The molecule has 0 unspecified atom stereocenters. The van der Waals surface area contributed by atoms with Crippen molar-refractivity contribution in [1.82, 2.24) is 20.4 Å². The SMILES string of the molecule is Cn1cc([C@H]2CNC[C@@H]2C(=O)NCCc2ccc(F)cc2)cn1. The molecular weight excluding hydrogens is 295 g/mol. The fourth-order valence-electron chi connectivity index (χ4n) is 3.05. The second kappa shape index (κ2) is 6.91. The summed E-state index contributed by atoms with van der Waals surface area (Å²) in [5.74, 6) is -0.0953. The zero-order valence-corrected chi connectivity index (χ0v) is 13.1. The summed E-state index contributed by atoms with van der Waals surface area (Å²) < 4.78 is 14.6. The van der Waals surface area contributed by atoms with Crippen LogP contribution in [-0.2, 0) is 18.3 Å². The smallest absolute Gasteiger partial charge is 0.225 e. The van der Waals surface area contributed by atoms with Gasteiger partial charge in [-0.05, 0) is 29.7 Å². The normalized spacial score (nSPS) is 20.6. The number of nitrogens with zero attached hydrogens (tertiary/aromatic N) is 2. The largest absolute Gasteiger partial charge is 0.355 e. The van der Waals surface area contributed by atoms with Crippen LogP contribution in [0.1, 0.15) is 17.0 Å². The monoisotopic (exact) mass is 316 g/mol. The minimum atomic E-state index is -0.242. The number of nitrogens with one attached hydrogen (secondary N) is 2. The van der Waals surface area contributed by atoms with E-state index in [0.29, 0.717) is 19.5 Å². The molecule has 5 nitrogen and oxygen atoms in total. The molecule has 1 fully saturated rings. The van der Waals surface area contributed by atoms with Crippen molar-refractivity contribution in [2.45, 2.75) is 12.3 Å². The first-order chi connectivity index (χ1) is 11.1. The molecule has 2 heterocycles. The van der Waals surface area contributed by atoms with Gasteiger partial charge < -0.3 is 10.6 Å². The first-order valence-corrected chi connectivity index (χ1v) is 7.85. The molecule has 2 aromatic rings. The molecule has 1 aromatic heterocycles. The van der Waals surface area contributed by atoms with Gasteiger partial charge in [0.25, 0.3) is 0 Å². The van der Waals surface area contributed by atoms with Gasteiger partial charge in [0.05, 0.1) is 12.1 Å². The molecule has 2 atom stereocenters. The average molecular weight is 316 g/mol. The highest BCUT2D eigenvalue weighted by Gasteiger charge is 2.34. The van der Waals surface area contributed by atoms with Gasteiger partial charge in [-0.2, -0.15) is 5.10 Å². The molecule has 0 bridgehead atoms. The van der Waals surface area contributed by atoms with Crippen LogP contribution in [0.15, 0.2) is 36.7 Å². The van der Waals surface area contributed by atoms with E-state index in [-0.39, 0.29) is 23.6 Å². The maximum atomic E-state index is 12.9. The van der Waals surface area contributed by atoms with Crippen LogP contribution in [0.2, 0.25) is 0 Å². The number of aryl methyl sites for hydroxylation is 1. The second-order valence-corrected chi connectivity index (χ2v) is 5.99. The Kier molecular flexibility index (Phi) is 4.71. The molecule has 1 amide bonds. The third kappa shape index (κ3) is 3.76. The van der Waals surface area contributed by atoms with Gasteiger partial charge in [0.15, 0.2) is 0 Å². The zero-order valence-electron chi connectivity index (χ0n) is 13.1. The fraction of sp³-hybridized carbons (Fsp3) is 0.412. The van der Waals surface area contributed by atoms with E-state index >= 15 is 0 Å². The number of amides is 1. The number of aromatic nitrogens is 2. The first-order valence-electron chi connectivity index (χ1n) is 7.85. The number of hydrogen-bond acceptors (Lipinski definition) is 3. The summed E-state index contributed by atoms with van der Waals surface area (Å²) in [4.78, 5) is 12.4. The zero-order chi connectivity index (χ0) is 16.2. The Balaban J connectivity index is 1.54. The lowest BCUT2D eigenvalue weighted by molar-refractivity contribution is -0.124. The van der Waals surface area contributed by atoms with Gasteiger partial charge in [0, 0.05) is 38.8 Å². The van der Waals surface area contributed by atoms with E-state index in [1.807, 2.05) is 19.4 Å². The molecule has 1 aliphatic heterocycles. The molecule has 122 valence electrons. The van der Waals surface area contributed by atoms with E-state index in [1.165, 1.54) is 12.1 Å². The molecule has 6 heteroatoms. The number of hydrogen-bond donors (Lipinski definition) is 2. The first kappa shape index (κ1) is 15.7. The highest BCUT2D eigenvalue weighted by atomic mass is 19.1. The molecule has 3 rings (SSSR count). The summed E-state index contributed by atoms with van der Waals surface area (Å²) in [7, 11) is 1.88. The molecule has 0 radical (unpaired) electrons. The number of halogens is 1. The average Bonchev–Trinajstić information content (AvgIpc) is 3.17. The molecule has 0 saturated carbocycles. The maximum Gasteiger partial charge on any atom is 0.225 e. The van der Waals surface area contributed by atoms with Crippen molar-refractivity contribution in [2.75, 3.05) is 19.6 Å². The quantitative estimate of drug-likeness (QED) is 0.872. The molecular formula is C17H21FN4O. The molecule has 1 aromatic carbocycles. The predicted molar refractivity (Wildman–Crippen MR) is 85.4 cm³/mol. The summed E-state index contributed by atoms with van der Waals surface area (Å²) in [5.41, 5.74) is 2.11. The van der Waals surface area contributed by atoms with E-state index in [1.54, 1.807) is 16.8 Å². The number of carbonyl (C=O) groups excluding carboxylic acids is 1. The Morgan fingerprint density at radius 1 is 1.39 bits per heavy atom. The van der Waals surface area contributed by atoms with Gasteiger partial charge >= 0.3 is 0 Å². The predicted octanol–water partition coefficient (Wildman–Crippen LogP) is 1.22. The highest BCUT2D eigenvalue weighted by molar-refractivity contribution is 5.80. The minimum Gasteiger partial charge on any atom is -0.355 e. The van der Waals surface area contributed by atoms with Crippen LogP contribution in [-0.4, -0.2) is 35.3 Å². The minimum absolute atomic E-state index is 0.0611. The Morgan fingerprint density at radius 2 is 2.17 bits per heavy atom. The molecule has 0 aliphatic carbocycles. The highest BCUT2D eigenvalue weighted by Crippen LogP contribution is 2.27. The number of carbonyl (C=O) groups is 1. The van der Waals surface area contributed by atoms with Crippen molar-refractivity contribution < 1.29 is 9.18 Å². The number of benzene rings is 1. The van der Waals surface area contributed by atoms with E-state index in [0.717, 1.165) is 17.7 Å². The third-order valence-corrected chi connectivity index (χ3v) is 4.33. The molecule has 2 N–H and O–H groups in total. The van der Waals surface area contributed by atoms with Gasteiger partial charge in [0.2, 0.25) is 5.91 Å². The summed E-state index contributed by atoms with van der Waals surface area (Å²) in [6, 6.07) is 6.38. The van der Waals surface area contributed by atoms with E-state index in [2.05, 4.69) is 15.7 Å². The summed E-state index contributed by atoms with van der Waals surface area (Å²) in [6.07, 6.45) is 4.50. The Bertz CT molecular complexity index is 667. The summed E-state index contributed by atoms with van der Waals surface area (Å²) >= 11 is 0. The number of rotatable bonds is 5.